The predicted molar refractivity (Wildman–Crippen MR) is 41.1 cm³/mol. The van der Waals surface area contributed by atoms with Gasteiger partial charge < -0.3 is 0 Å². The van der Waals surface area contributed by atoms with E-state index >= 15 is 0 Å². The van der Waals surface area contributed by atoms with Crippen molar-refractivity contribution in [2.75, 3.05) is 0 Å². The largest absolute Gasteiger partial charge is 0.325 e. The molecule has 0 aromatic carbocycles. The van der Waals surface area contributed by atoms with Crippen molar-refractivity contribution in [2.24, 2.45) is 0 Å². The smallest absolute Gasteiger partial charge is 0.190 e. The first kappa shape index (κ1) is 8.46. The van der Waals surface area contributed by atoms with Crippen LogP contribution in [0.2, 0.25) is 0 Å². The SMILES string of the molecule is O=S(=O)(F)/C=C/C1=CCCC1. The zero-order valence-corrected chi connectivity index (χ0v) is 6.77. The first-order valence-corrected chi connectivity index (χ1v) is 4.84. The minimum atomic E-state index is -4.43. The second-order valence-electron chi connectivity index (χ2n) is 2.45. The van der Waals surface area contributed by atoms with Crippen molar-refractivity contribution >= 4 is 10.2 Å². The standard InChI is InChI=1S/C7H9FO2S/c8-11(9,10)6-5-7-3-1-2-4-7/h3,5-6H,1-2,4H2/b6-5+. The number of allylic oxidation sites excluding steroid dienone is 3. The molecule has 4 heteroatoms. The third-order valence-corrected chi connectivity index (χ3v) is 1.98. The average Bonchev–Trinajstić information content (AvgIpc) is 2.32. The van der Waals surface area contributed by atoms with Gasteiger partial charge in [0, 0.05) is 0 Å². The molecular weight excluding hydrogens is 167 g/mol. The summed E-state index contributed by atoms with van der Waals surface area (Å²) in [7, 11) is -4.43. The monoisotopic (exact) mass is 176 g/mol. The van der Waals surface area contributed by atoms with Crippen molar-refractivity contribution in [2.45, 2.75) is 19.3 Å². The van der Waals surface area contributed by atoms with Gasteiger partial charge in [0.1, 0.15) is 0 Å². The van der Waals surface area contributed by atoms with Crippen LogP contribution < -0.4 is 0 Å². The van der Waals surface area contributed by atoms with Gasteiger partial charge in [-0.15, -0.1) is 3.89 Å². The summed E-state index contributed by atoms with van der Waals surface area (Å²) in [6, 6.07) is 0. The molecule has 2 nitrogen and oxygen atoms in total. The molecule has 0 bridgehead atoms. The van der Waals surface area contributed by atoms with E-state index in [2.05, 4.69) is 0 Å². The molecule has 0 aliphatic heterocycles. The summed E-state index contributed by atoms with van der Waals surface area (Å²) in [5.74, 6) is 0. The maximum Gasteiger partial charge on any atom is 0.325 e. The molecule has 0 saturated heterocycles. The Bertz CT molecular complexity index is 288. The highest BCUT2D eigenvalue weighted by Gasteiger charge is 2.03. The van der Waals surface area contributed by atoms with Crippen LogP contribution in [0.5, 0.6) is 0 Å². The molecule has 0 aromatic rings. The summed E-state index contributed by atoms with van der Waals surface area (Å²) in [6.45, 7) is 0. The Hall–Kier alpha value is -0.640. The lowest BCUT2D eigenvalue weighted by molar-refractivity contribution is 0.563. The third-order valence-electron chi connectivity index (χ3n) is 1.52. The normalized spacial score (nSPS) is 19.2. The first-order valence-electron chi connectivity index (χ1n) is 3.40. The molecule has 0 N–H and O–H groups in total. The molecule has 0 unspecified atom stereocenters. The molecule has 1 rings (SSSR count). The third kappa shape index (κ3) is 3.32. The summed E-state index contributed by atoms with van der Waals surface area (Å²) < 4.78 is 31.9. The van der Waals surface area contributed by atoms with Crippen LogP contribution in [0.15, 0.2) is 23.1 Å². The van der Waals surface area contributed by atoms with Gasteiger partial charge in [-0.3, -0.25) is 0 Å². The van der Waals surface area contributed by atoms with Gasteiger partial charge in [0.15, 0.2) is 0 Å². The Labute approximate surface area is 65.6 Å². The first-order chi connectivity index (χ1) is 5.08. The van der Waals surface area contributed by atoms with E-state index in [1.165, 1.54) is 6.08 Å². The van der Waals surface area contributed by atoms with Crippen molar-refractivity contribution in [3.8, 4) is 0 Å². The lowest BCUT2D eigenvalue weighted by Crippen LogP contribution is -1.81. The number of rotatable bonds is 2. The Morgan fingerprint density at radius 1 is 1.55 bits per heavy atom. The second kappa shape index (κ2) is 3.17. The van der Waals surface area contributed by atoms with Crippen LogP contribution in [0.1, 0.15) is 19.3 Å². The van der Waals surface area contributed by atoms with Crippen LogP contribution in [0, 0.1) is 0 Å². The van der Waals surface area contributed by atoms with E-state index in [0.29, 0.717) is 5.41 Å². The van der Waals surface area contributed by atoms with Crippen molar-refractivity contribution in [1.29, 1.82) is 0 Å². The molecule has 0 fully saturated rings. The fourth-order valence-corrected chi connectivity index (χ4v) is 1.35. The molecule has 0 amide bonds. The number of halogens is 1. The van der Waals surface area contributed by atoms with Crippen molar-refractivity contribution in [3.63, 3.8) is 0 Å². The van der Waals surface area contributed by atoms with Crippen LogP contribution in [-0.2, 0) is 10.2 Å². The maximum absolute atomic E-state index is 11.9. The van der Waals surface area contributed by atoms with Crippen molar-refractivity contribution < 1.29 is 12.3 Å². The van der Waals surface area contributed by atoms with Crippen molar-refractivity contribution in [3.05, 3.63) is 23.1 Å². The highest BCUT2D eigenvalue weighted by Crippen LogP contribution is 2.18. The van der Waals surface area contributed by atoms with E-state index in [0.717, 1.165) is 24.8 Å². The van der Waals surface area contributed by atoms with Gasteiger partial charge in [-0.2, -0.15) is 8.42 Å². The van der Waals surface area contributed by atoms with Gasteiger partial charge in [0.25, 0.3) is 0 Å². The number of hydrogen-bond acceptors (Lipinski definition) is 2. The van der Waals surface area contributed by atoms with Crippen LogP contribution >= 0.6 is 0 Å². The molecule has 1 aliphatic rings. The van der Waals surface area contributed by atoms with Crippen LogP contribution in [-0.4, -0.2) is 8.42 Å². The molecule has 62 valence electrons. The summed E-state index contributed by atoms with van der Waals surface area (Å²) >= 11 is 0. The van der Waals surface area contributed by atoms with Crippen LogP contribution in [0.3, 0.4) is 0 Å². The van der Waals surface area contributed by atoms with Crippen LogP contribution in [0.25, 0.3) is 0 Å². The van der Waals surface area contributed by atoms with Gasteiger partial charge in [-0.1, -0.05) is 11.6 Å². The van der Waals surface area contributed by atoms with E-state index in [9.17, 15) is 12.3 Å². The molecule has 0 atom stereocenters. The summed E-state index contributed by atoms with van der Waals surface area (Å²) in [5.41, 5.74) is 0.909. The molecule has 0 heterocycles. The van der Waals surface area contributed by atoms with Gasteiger partial charge in [0.05, 0.1) is 5.41 Å². The predicted octanol–water partition coefficient (Wildman–Crippen LogP) is 1.91. The van der Waals surface area contributed by atoms with Crippen molar-refractivity contribution in [1.82, 2.24) is 0 Å². The van der Waals surface area contributed by atoms with Gasteiger partial charge in [-0.25, -0.2) is 0 Å². The topological polar surface area (TPSA) is 34.1 Å². The van der Waals surface area contributed by atoms with E-state index in [1.807, 2.05) is 6.08 Å². The van der Waals surface area contributed by atoms with Gasteiger partial charge in [-0.05, 0) is 25.3 Å². The Balaban J connectivity index is 2.61. The Morgan fingerprint density at radius 3 is 2.73 bits per heavy atom. The highest BCUT2D eigenvalue weighted by atomic mass is 32.3. The maximum atomic E-state index is 11.9. The average molecular weight is 176 g/mol. The fourth-order valence-electron chi connectivity index (χ4n) is 1.02. The molecule has 0 spiro atoms. The fraction of sp³-hybridized carbons (Fsp3) is 0.429. The van der Waals surface area contributed by atoms with E-state index in [4.69, 9.17) is 0 Å². The van der Waals surface area contributed by atoms with E-state index in [-0.39, 0.29) is 0 Å². The molecule has 0 saturated carbocycles. The zero-order chi connectivity index (χ0) is 8.32. The summed E-state index contributed by atoms with van der Waals surface area (Å²) in [6.07, 6.45) is 6.09. The van der Waals surface area contributed by atoms with Gasteiger partial charge in [0.2, 0.25) is 0 Å². The second-order valence-corrected chi connectivity index (χ2v) is 3.67. The Kier molecular flexibility index (Phi) is 2.44. The lowest BCUT2D eigenvalue weighted by atomic mass is 10.2. The zero-order valence-electron chi connectivity index (χ0n) is 5.96. The van der Waals surface area contributed by atoms with E-state index in [1.54, 1.807) is 0 Å². The molecule has 1 aliphatic carbocycles. The lowest BCUT2D eigenvalue weighted by Gasteiger charge is -1.87. The summed E-state index contributed by atoms with van der Waals surface area (Å²) in [5, 5.41) is 0.601. The minimum Gasteiger partial charge on any atom is -0.190 e. The molecular formula is C7H9FO2S. The number of hydrogen-bond donors (Lipinski definition) is 0. The summed E-state index contributed by atoms with van der Waals surface area (Å²) in [4.78, 5) is 0. The molecule has 0 aromatic heterocycles. The minimum absolute atomic E-state index is 0.601. The molecule has 11 heavy (non-hydrogen) atoms. The quantitative estimate of drug-likeness (QED) is 0.602. The van der Waals surface area contributed by atoms with Gasteiger partial charge >= 0.3 is 10.2 Å². The highest BCUT2D eigenvalue weighted by molar-refractivity contribution is 7.89. The Morgan fingerprint density at radius 2 is 2.27 bits per heavy atom. The molecule has 0 radical (unpaired) electrons. The van der Waals surface area contributed by atoms with Crippen LogP contribution in [0.4, 0.5) is 3.89 Å². The van der Waals surface area contributed by atoms with E-state index < -0.39 is 10.2 Å².